The first kappa shape index (κ1) is 14.9. The molecule has 5 nitrogen and oxygen atoms in total. The van der Waals surface area contributed by atoms with E-state index in [2.05, 4.69) is 0 Å². The maximum absolute atomic E-state index is 12.2. The summed E-state index contributed by atoms with van der Waals surface area (Å²) in [6, 6.07) is -0.0938. The van der Waals surface area contributed by atoms with Crippen LogP contribution < -0.4 is 0 Å². The van der Waals surface area contributed by atoms with E-state index >= 15 is 0 Å². The Hall–Kier alpha value is -0.170. The summed E-state index contributed by atoms with van der Waals surface area (Å²) in [5, 5.41) is 9.66. The number of hydrogen-bond acceptors (Lipinski definition) is 4. The van der Waals surface area contributed by atoms with Crippen LogP contribution in [0.2, 0.25) is 0 Å². The van der Waals surface area contributed by atoms with Gasteiger partial charge in [-0.15, -0.1) is 0 Å². The van der Waals surface area contributed by atoms with Gasteiger partial charge in [-0.25, -0.2) is 8.42 Å². The summed E-state index contributed by atoms with van der Waals surface area (Å²) in [4.78, 5) is 1.96. The molecule has 1 heterocycles. The number of hydrogen-bond donors (Lipinski definition) is 1. The van der Waals surface area contributed by atoms with E-state index in [9.17, 15) is 13.5 Å². The highest BCUT2D eigenvalue weighted by atomic mass is 32.2. The fraction of sp³-hybridized carbons (Fsp3) is 1.00. The summed E-state index contributed by atoms with van der Waals surface area (Å²) >= 11 is 0. The van der Waals surface area contributed by atoms with Gasteiger partial charge in [0, 0.05) is 19.1 Å². The highest BCUT2D eigenvalue weighted by Gasteiger charge is 2.38. The van der Waals surface area contributed by atoms with Gasteiger partial charge in [-0.2, -0.15) is 4.31 Å². The summed E-state index contributed by atoms with van der Waals surface area (Å²) in [5.74, 6) is 0.265. The van der Waals surface area contributed by atoms with E-state index in [0.717, 1.165) is 0 Å². The van der Waals surface area contributed by atoms with Crippen molar-refractivity contribution in [3.63, 3.8) is 0 Å². The molecule has 0 aliphatic carbocycles. The van der Waals surface area contributed by atoms with E-state index in [1.54, 1.807) is 0 Å². The van der Waals surface area contributed by atoms with Crippen molar-refractivity contribution in [1.82, 2.24) is 9.21 Å². The van der Waals surface area contributed by atoms with Crippen molar-refractivity contribution in [3.8, 4) is 0 Å². The Bertz CT molecular complexity index is 341. The average Bonchev–Trinajstić information content (AvgIpc) is 2.43. The quantitative estimate of drug-likeness (QED) is 0.757. The van der Waals surface area contributed by atoms with Gasteiger partial charge in [0.05, 0.1) is 11.9 Å². The molecule has 0 saturated carbocycles. The number of rotatable bonds is 5. The molecule has 0 aromatic carbocycles. The molecule has 1 aliphatic rings. The van der Waals surface area contributed by atoms with Crippen LogP contribution in [0.1, 0.15) is 20.3 Å². The molecule has 1 saturated heterocycles. The highest BCUT2D eigenvalue weighted by Crippen LogP contribution is 2.23. The van der Waals surface area contributed by atoms with Crippen molar-refractivity contribution in [2.24, 2.45) is 5.92 Å². The molecule has 1 fully saturated rings. The number of nitrogens with zero attached hydrogens (tertiary/aromatic N) is 2. The second-order valence-electron chi connectivity index (χ2n) is 5.55. The largest absolute Gasteiger partial charge is 0.392 e. The van der Waals surface area contributed by atoms with Crippen LogP contribution in [0, 0.1) is 5.92 Å². The summed E-state index contributed by atoms with van der Waals surface area (Å²) in [6.07, 6.45) is 0.0112. The summed E-state index contributed by atoms with van der Waals surface area (Å²) in [5.41, 5.74) is 0. The molecular formula is C11H24N2O3S. The van der Waals surface area contributed by atoms with Crippen LogP contribution in [0.3, 0.4) is 0 Å². The van der Waals surface area contributed by atoms with Crippen LogP contribution in [0.25, 0.3) is 0 Å². The van der Waals surface area contributed by atoms with Crippen LogP contribution >= 0.6 is 0 Å². The van der Waals surface area contributed by atoms with Crippen molar-refractivity contribution in [1.29, 1.82) is 0 Å². The molecule has 0 spiro atoms. The molecule has 0 aromatic heterocycles. The van der Waals surface area contributed by atoms with Crippen LogP contribution in [0.4, 0.5) is 0 Å². The lowest BCUT2D eigenvalue weighted by atomic mass is 10.2. The Balaban J connectivity index is 2.79. The van der Waals surface area contributed by atoms with Gasteiger partial charge in [0.1, 0.15) is 0 Å². The molecule has 1 aliphatic heterocycles. The second-order valence-corrected chi connectivity index (χ2v) is 7.51. The van der Waals surface area contributed by atoms with Crippen LogP contribution in [0.15, 0.2) is 0 Å². The fourth-order valence-corrected chi connectivity index (χ4v) is 4.35. The van der Waals surface area contributed by atoms with Gasteiger partial charge in [-0.05, 0) is 26.4 Å². The lowest BCUT2D eigenvalue weighted by Gasteiger charge is -2.26. The zero-order chi connectivity index (χ0) is 13.2. The minimum absolute atomic E-state index is 0.0938. The molecule has 0 radical (unpaired) electrons. The predicted octanol–water partition coefficient (Wildman–Crippen LogP) is -0.0310. The van der Waals surface area contributed by atoms with Gasteiger partial charge < -0.3 is 10.0 Å². The number of likely N-dealkylation sites (N-methyl/N-ethyl adjacent to an activating group) is 1. The lowest BCUT2D eigenvalue weighted by molar-refractivity contribution is 0.188. The monoisotopic (exact) mass is 264 g/mol. The highest BCUT2D eigenvalue weighted by molar-refractivity contribution is 7.89. The number of aliphatic hydroxyl groups is 1. The Morgan fingerprint density at radius 3 is 2.47 bits per heavy atom. The van der Waals surface area contributed by atoms with E-state index < -0.39 is 16.1 Å². The summed E-state index contributed by atoms with van der Waals surface area (Å²) < 4.78 is 25.8. The molecule has 2 unspecified atom stereocenters. The van der Waals surface area contributed by atoms with Gasteiger partial charge in [-0.1, -0.05) is 13.8 Å². The molecule has 17 heavy (non-hydrogen) atoms. The van der Waals surface area contributed by atoms with Crippen molar-refractivity contribution < 1.29 is 13.5 Å². The SMILES string of the molecule is CC(C)CS(=O)(=O)N1CC(O)CC1CN(C)C. The molecule has 0 amide bonds. The molecule has 2 atom stereocenters. The number of sulfonamides is 1. The molecule has 102 valence electrons. The molecule has 1 rings (SSSR count). The van der Waals surface area contributed by atoms with Gasteiger partial charge in [0.2, 0.25) is 10.0 Å². The lowest BCUT2D eigenvalue weighted by Crippen LogP contribution is -2.43. The van der Waals surface area contributed by atoms with Crippen LogP contribution in [-0.2, 0) is 10.0 Å². The van der Waals surface area contributed by atoms with Crippen LogP contribution in [-0.4, -0.2) is 67.8 Å². The Morgan fingerprint density at radius 1 is 1.41 bits per heavy atom. The van der Waals surface area contributed by atoms with Crippen molar-refractivity contribution >= 4 is 10.0 Å². The van der Waals surface area contributed by atoms with Crippen molar-refractivity contribution in [3.05, 3.63) is 0 Å². The third-order valence-corrected chi connectivity index (χ3v) is 5.07. The summed E-state index contributed by atoms with van der Waals surface area (Å²) in [7, 11) is 0.589. The molecule has 6 heteroatoms. The first-order chi connectivity index (χ1) is 7.72. The first-order valence-corrected chi connectivity index (χ1v) is 7.65. The number of β-amino-alcohol motifs (C(OH)–C–C–N with tert-alkyl or cyclic N) is 1. The standard InChI is InChI=1S/C11H24N2O3S/c1-9(2)8-17(15,16)13-7-11(14)5-10(13)6-12(3)4/h9-11,14H,5-8H2,1-4H3. The minimum Gasteiger partial charge on any atom is -0.392 e. The maximum atomic E-state index is 12.2. The normalized spacial score (nSPS) is 27.2. The van der Waals surface area contributed by atoms with Gasteiger partial charge in [-0.3, -0.25) is 0 Å². The van der Waals surface area contributed by atoms with E-state index in [-0.39, 0.29) is 24.3 Å². The Morgan fingerprint density at radius 2 is 2.00 bits per heavy atom. The van der Waals surface area contributed by atoms with Crippen molar-refractivity contribution in [2.75, 3.05) is 32.9 Å². The average molecular weight is 264 g/mol. The molecule has 0 aromatic rings. The van der Waals surface area contributed by atoms with E-state index in [4.69, 9.17) is 0 Å². The van der Waals surface area contributed by atoms with Crippen molar-refractivity contribution in [2.45, 2.75) is 32.4 Å². The first-order valence-electron chi connectivity index (χ1n) is 6.04. The Kier molecular flexibility index (Phi) is 4.95. The van der Waals surface area contributed by atoms with Gasteiger partial charge >= 0.3 is 0 Å². The Labute approximate surface area is 104 Å². The summed E-state index contributed by atoms with van der Waals surface area (Å²) in [6.45, 7) is 4.69. The van der Waals surface area contributed by atoms with Gasteiger partial charge in [0.25, 0.3) is 0 Å². The fourth-order valence-electron chi connectivity index (χ4n) is 2.31. The minimum atomic E-state index is -3.24. The molecular weight excluding hydrogens is 240 g/mol. The zero-order valence-electron chi connectivity index (χ0n) is 11.1. The zero-order valence-corrected chi connectivity index (χ0v) is 11.9. The maximum Gasteiger partial charge on any atom is 0.214 e. The molecule has 1 N–H and O–H groups in total. The topological polar surface area (TPSA) is 60.9 Å². The predicted molar refractivity (Wildman–Crippen MR) is 68.3 cm³/mol. The van der Waals surface area contributed by atoms with Gasteiger partial charge in [0.15, 0.2) is 0 Å². The van der Waals surface area contributed by atoms with Crippen LogP contribution in [0.5, 0.6) is 0 Å². The third-order valence-electron chi connectivity index (χ3n) is 2.82. The molecule has 0 bridgehead atoms. The van der Waals surface area contributed by atoms with E-state index in [0.29, 0.717) is 13.0 Å². The third kappa shape index (κ3) is 4.21. The van der Waals surface area contributed by atoms with E-state index in [1.807, 2.05) is 32.8 Å². The van der Waals surface area contributed by atoms with E-state index in [1.165, 1.54) is 4.31 Å². The second kappa shape index (κ2) is 5.65. The number of aliphatic hydroxyl groups excluding tert-OH is 1. The smallest absolute Gasteiger partial charge is 0.214 e.